The van der Waals surface area contributed by atoms with Gasteiger partial charge in [-0.25, -0.2) is 22.7 Å². The highest BCUT2D eigenvalue weighted by molar-refractivity contribution is 7.90. The number of urea groups is 1. The number of nitrogens with one attached hydrogen (secondary N) is 2. The van der Waals surface area contributed by atoms with Gasteiger partial charge in [-0.2, -0.15) is 15.0 Å². The van der Waals surface area contributed by atoms with Gasteiger partial charge >= 0.3 is 18.0 Å². The van der Waals surface area contributed by atoms with E-state index >= 15 is 0 Å². The molecule has 0 aliphatic carbocycles. The van der Waals surface area contributed by atoms with E-state index in [0.29, 0.717) is 18.9 Å². The largest absolute Gasteiger partial charge is 0.465 e. The molecule has 0 bridgehead atoms. The zero-order chi connectivity index (χ0) is 20.7. The SMILES string of the molecule is CCOc1nc(CC)nc(NC(=O)NS(=O)(=O)c2ccccc2C(=O)OC)n1. The fourth-order valence-corrected chi connectivity index (χ4v) is 3.19. The number of carbonyl (C=O) groups excluding carboxylic acids is 2. The topological polar surface area (TPSA) is 149 Å². The van der Waals surface area contributed by atoms with Gasteiger partial charge in [-0.15, -0.1) is 0 Å². The lowest BCUT2D eigenvalue weighted by atomic mass is 10.2. The number of esters is 1. The van der Waals surface area contributed by atoms with E-state index in [4.69, 9.17) is 4.74 Å². The third-order valence-electron chi connectivity index (χ3n) is 3.29. The monoisotopic (exact) mass is 409 g/mol. The highest BCUT2D eigenvalue weighted by atomic mass is 32.2. The van der Waals surface area contributed by atoms with Crippen LogP contribution in [0, 0.1) is 0 Å². The lowest BCUT2D eigenvalue weighted by molar-refractivity contribution is 0.0596. The quantitative estimate of drug-likeness (QED) is 0.641. The van der Waals surface area contributed by atoms with Crippen LogP contribution in [-0.4, -0.2) is 49.1 Å². The van der Waals surface area contributed by atoms with Crippen LogP contribution in [0.1, 0.15) is 30.0 Å². The Kier molecular flexibility index (Phi) is 6.82. The highest BCUT2D eigenvalue weighted by Crippen LogP contribution is 2.16. The first-order chi connectivity index (χ1) is 13.3. The van der Waals surface area contributed by atoms with Crippen LogP contribution in [0.4, 0.5) is 10.7 Å². The van der Waals surface area contributed by atoms with Crippen molar-refractivity contribution >= 4 is 28.0 Å². The molecule has 1 aromatic carbocycles. The number of aryl methyl sites for hydroxylation is 1. The summed E-state index contributed by atoms with van der Waals surface area (Å²) >= 11 is 0. The number of benzene rings is 1. The Hall–Kier alpha value is -3.28. The number of carbonyl (C=O) groups is 2. The van der Waals surface area contributed by atoms with Crippen LogP contribution in [0.5, 0.6) is 6.01 Å². The van der Waals surface area contributed by atoms with Gasteiger partial charge in [0.15, 0.2) is 0 Å². The van der Waals surface area contributed by atoms with Crippen LogP contribution >= 0.6 is 0 Å². The maximum atomic E-state index is 12.5. The Morgan fingerprint density at radius 2 is 1.82 bits per heavy atom. The van der Waals surface area contributed by atoms with Gasteiger partial charge in [-0.1, -0.05) is 19.1 Å². The lowest BCUT2D eigenvalue weighted by Crippen LogP contribution is -2.35. The predicted molar refractivity (Wildman–Crippen MR) is 97.5 cm³/mol. The summed E-state index contributed by atoms with van der Waals surface area (Å²) < 4.78 is 36.6. The molecular weight excluding hydrogens is 390 g/mol. The number of methoxy groups -OCH3 is 1. The van der Waals surface area contributed by atoms with Gasteiger partial charge in [0, 0.05) is 6.42 Å². The molecule has 28 heavy (non-hydrogen) atoms. The molecule has 0 aliphatic rings. The number of amides is 2. The average Bonchev–Trinajstić information content (AvgIpc) is 2.66. The Labute approximate surface area is 161 Å². The summed E-state index contributed by atoms with van der Waals surface area (Å²) in [6, 6.07) is 4.21. The van der Waals surface area contributed by atoms with Crippen LogP contribution < -0.4 is 14.8 Å². The van der Waals surface area contributed by atoms with Crippen molar-refractivity contribution in [3.05, 3.63) is 35.7 Å². The van der Waals surface area contributed by atoms with E-state index in [2.05, 4.69) is 25.0 Å². The molecule has 2 amide bonds. The molecular formula is C16H19N5O6S. The van der Waals surface area contributed by atoms with Gasteiger partial charge in [0.05, 0.1) is 19.3 Å². The van der Waals surface area contributed by atoms with E-state index < -0.39 is 26.9 Å². The maximum Gasteiger partial charge on any atom is 0.339 e. The fourth-order valence-electron chi connectivity index (χ4n) is 2.09. The standard InChI is InChI=1S/C16H19N5O6S/c1-4-12-17-14(20-16(18-12)27-5-2)19-15(23)21-28(24,25)11-9-7-6-8-10(11)13(22)26-3/h6-9H,4-5H2,1-3H3,(H2,17,18,19,20,21,23). The van der Waals surface area contributed by atoms with Gasteiger partial charge in [0.2, 0.25) is 5.95 Å². The molecule has 2 N–H and O–H groups in total. The normalized spacial score (nSPS) is 10.8. The molecule has 11 nitrogen and oxygen atoms in total. The maximum absolute atomic E-state index is 12.5. The number of rotatable bonds is 7. The van der Waals surface area contributed by atoms with E-state index in [1.54, 1.807) is 18.6 Å². The first-order valence-corrected chi connectivity index (χ1v) is 9.67. The number of nitrogens with zero attached hydrogens (tertiary/aromatic N) is 3. The van der Waals surface area contributed by atoms with Crippen molar-refractivity contribution in [2.45, 2.75) is 25.2 Å². The van der Waals surface area contributed by atoms with Crippen LogP contribution in [0.3, 0.4) is 0 Å². The van der Waals surface area contributed by atoms with E-state index in [1.807, 2.05) is 0 Å². The Balaban J connectivity index is 2.24. The number of ether oxygens (including phenoxy) is 2. The molecule has 1 heterocycles. The average molecular weight is 409 g/mol. The van der Waals surface area contributed by atoms with Gasteiger partial charge in [-0.05, 0) is 19.1 Å². The predicted octanol–water partition coefficient (Wildman–Crippen LogP) is 1.13. The van der Waals surface area contributed by atoms with Gasteiger partial charge in [-0.3, -0.25) is 5.32 Å². The van der Waals surface area contributed by atoms with Crippen molar-refractivity contribution in [1.82, 2.24) is 19.7 Å². The molecule has 0 spiro atoms. The van der Waals surface area contributed by atoms with Gasteiger partial charge in [0.25, 0.3) is 10.0 Å². The molecule has 0 fully saturated rings. The summed E-state index contributed by atoms with van der Waals surface area (Å²) in [5.74, 6) is -0.676. The molecule has 2 rings (SSSR count). The van der Waals surface area contributed by atoms with E-state index in [9.17, 15) is 18.0 Å². The summed E-state index contributed by atoms with van der Waals surface area (Å²) in [7, 11) is -3.25. The Morgan fingerprint density at radius 1 is 1.11 bits per heavy atom. The van der Waals surface area contributed by atoms with Crippen molar-refractivity contribution in [3.8, 4) is 6.01 Å². The number of aromatic nitrogens is 3. The lowest BCUT2D eigenvalue weighted by Gasteiger charge is -2.11. The third kappa shape index (κ3) is 5.13. The van der Waals surface area contributed by atoms with E-state index in [1.165, 1.54) is 24.3 Å². The smallest absolute Gasteiger partial charge is 0.339 e. The number of anilines is 1. The molecule has 0 saturated heterocycles. The van der Waals surface area contributed by atoms with Crippen LogP contribution in [0.25, 0.3) is 0 Å². The highest BCUT2D eigenvalue weighted by Gasteiger charge is 2.25. The third-order valence-corrected chi connectivity index (χ3v) is 4.67. The first kappa shape index (κ1) is 21.0. The van der Waals surface area contributed by atoms with Gasteiger partial charge < -0.3 is 9.47 Å². The number of sulfonamides is 1. The minimum Gasteiger partial charge on any atom is -0.465 e. The molecule has 0 saturated carbocycles. The number of hydrogen-bond acceptors (Lipinski definition) is 9. The van der Waals surface area contributed by atoms with E-state index in [-0.39, 0.29) is 17.5 Å². The Bertz CT molecular complexity index is 979. The van der Waals surface area contributed by atoms with E-state index in [0.717, 1.165) is 7.11 Å². The van der Waals surface area contributed by atoms with Crippen LogP contribution in [-0.2, 0) is 21.2 Å². The molecule has 0 aliphatic heterocycles. The second-order valence-electron chi connectivity index (χ2n) is 5.19. The van der Waals surface area contributed by atoms with Crippen molar-refractivity contribution < 1.29 is 27.5 Å². The molecule has 0 atom stereocenters. The summed E-state index contributed by atoms with van der Waals surface area (Å²) in [6.07, 6.45) is 0.448. The van der Waals surface area contributed by atoms with Gasteiger partial charge in [0.1, 0.15) is 10.7 Å². The minimum absolute atomic E-state index is 0.00328. The second-order valence-corrected chi connectivity index (χ2v) is 6.84. The number of hydrogen-bond donors (Lipinski definition) is 2. The molecule has 2 aromatic rings. The van der Waals surface area contributed by atoms with Crippen molar-refractivity contribution in [2.24, 2.45) is 0 Å². The first-order valence-electron chi connectivity index (χ1n) is 8.19. The summed E-state index contributed by atoms with van der Waals surface area (Å²) in [5.41, 5.74) is -0.211. The van der Waals surface area contributed by atoms with Crippen LogP contribution in [0.2, 0.25) is 0 Å². The summed E-state index contributed by atoms with van der Waals surface area (Å²) in [4.78, 5) is 35.4. The molecule has 12 heteroatoms. The fraction of sp³-hybridized carbons (Fsp3) is 0.312. The van der Waals surface area contributed by atoms with Crippen LogP contribution in [0.15, 0.2) is 29.2 Å². The zero-order valence-corrected chi connectivity index (χ0v) is 16.2. The molecule has 0 radical (unpaired) electrons. The second kappa shape index (κ2) is 9.08. The molecule has 1 aromatic heterocycles. The minimum atomic E-state index is -4.37. The van der Waals surface area contributed by atoms with Crippen molar-refractivity contribution in [3.63, 3.8) is 0 Å². The molecule has 150 valence electrons. The summed E-state index contributed by atoms with van der Waals surface area (Å²) in [6.45, 7) is 3.83. The summed E-state index contributed by atoms with van der Waals surface area (Å²) in [5, 5.41) is 2.22. The van der Waals surface area contributed by atoms with Crippen molar-refractivity contribution in [1.29, 1.82) is 0 Å². The zero-order valence-electron chi connectivity index (χ0n) is 15.4. The molecule has 0 unspecified atom stereocenters. The van der Waals surface area contributed by atoms with Crippen molar-refractivity contribution in [2.75, 3.05) is 19.0 Å². The Morgan fingerprint density at radius 3 is 2.46 bits per heavy atom.